The molecule has 1 heterocycles. The SMILES string of the molecule is O=C(NCCO)c1ccc(-c2cc(C(F)(F)F)ccn2)cc1. The van der Waals surface area contributed by atoms with Crippen molar-refractivity contribution in [1.29, 1.82) is 0 Å². The van der Waals surface area contributed by atoms with Gasteiger partial charge in [0.05, 0.1) is 17.9 Å². The van der Waals surface area contributed by atoms with Gasteiger partial charge in [-0.2, -0.15) is 13.2 Å². The van der Waals surface area contributed by atoms with Crippen molar-refractivity contribution in [2.45, 2.75) is 6.18 Å². The summed E-state index contributed by atoms with van der Waals surface area (Å²) in [6.07, 6.45) is -3.33. The van der Waals surface area contributed by atoms with Gasteiger partial charge < -0.3 is 10.4 Å². The predicted molar refractivity (Wildman–Crippen MR) is 74.1 cm³/mol. The van der Waals surface area contributed by atoms with Gasteiger partial charge in [0.15, 0.2) is 0 Å². The van der Waals surface area contributed by atoms with Crippen molar-refractivity contribution in [3.05, 3.63) is 53.7 Å². The summed E-state index contributed by atoms with van der Waals surface area (Å²) in [5.41, 5.74) is 0.230. The smallest absolute Gasteiger partial charge is 0.395 e. The predicted octanol–water partition coefficient (Wildman–Crippen LogP) is 2.49. The van der Waals surface area contributed by atoms with Crippen LogP contribution in [0.4, 0.5) is 13.2 Å². The Morgan fingerprint density at radius 2 is 1.86 bits per heavy atom. The fraction of sp³-hybridized carbons (Fsp3) is 0.200. The fourth-order valence-electron chi connectivity index (χ4n) is 1.83. The number of pyridine rings is 1. The number of nitrogens with zero attached hydrogens (tertiary/aromatic N) is 1. The molecule has 0 aliphatic heterocycles. The van der Waals surface area contributed by atoms with Crippen LogP contribution >= 0.6 is 0 Å². The Balaban J connectivity index is 2.22. The molecule has 22 heavy (non-hydrogen) atoms. The highest BCUT2D eigenvalue weighted by molar-refractivity contribution is 5.94. The summed E-state index contributed by atoms with van der Waals surface area (Å²) in [6, 6.07) is 7.89. The van der Waals surface area contributed by atoms with Crippen LogP contribution in [0.1, 0.15) is 15.9 Å². The van der Waals surface area contributed by atoms with Crippen molar-refractivity contribution in [2.24, 2.45) is 0 Å². The van der Waals surface area contributed by atoms with E-state index < -0.39 is 11.7 Å². The van der Waals surface area contributed by atoms with Crippen LogP contribution < -0.4 is 5.32 Å². The van der Waals surface area contributed by atoms with E-state index in [9.17, 15) is 18.0 Å². The van der Waals surface area contributed by atoms with E-state index in [0.29, 0.717) is 11.1 Å². The number of carbonyl (C=O) groups excluding carboxylic acids is 1. The van der Waals surface area contributed by atoms with E-state index in [-0.39, 0.29) is 24.8 Å². The molecule has 116 valence electrons. The Bertz CT molecular complexity index is 655. The number of hydrogen-bond donors (Lipinski definition) is 2. The van der Waals surface area contributed by atoms with E-state index in [1.54, 1.807) is 0 Å². The van der Waals surface area contributed by atoms with E-state index in [4.69, 9.17) is 5.11 Å². The fourth-order valence-corrected chi connectivity index (χ4v) is 1.83. The zero-order valence-electron chi connectivity index (χ0n) is 11.4. The highest BCUT2D eigenvalue weighted by Crippen LogP contribution is 2.31. The van der Waals surface area contributed by atoms with Crippen molar-refractivity contribution in [1.82, 2.24) is 10.3 Å². The number of aliphatic hydroxyl groups excluding tert-OH is 1. The second-order valence-corrected chi connectivity index (χ2v) is 4.48. The molecule has 0 aliphatic carbocycles. The molecule has 2 aromatic rings. The zero-order chi connectivity index (χ0) is 16.2. The number of amides is 1. The maximum atomic E-state index is 12.7. The van der Waals surface area contributed by atoms with Gasteiger partial charge in [-0.05, 0) is 24.3 Å². The molecule has 0 saturated carbocycles. The Hall–Kier alpha value is -2.41. The molecule has 2 N–H and O–H groups in total. The highest BCUT2D eigenvalue weighted by Gasteiger charge is 2.30. The molecule has 7 heteroatoms. The molecular weight excluding hydrogens is 297 g/mol. The molecule has 0 aliphatic rings. The zero-order valence-corrected chi connectivity index (χ0v) is 11.4. The van der Waals surface area contributed by atoms with Crippen LogP contribution in [0, 0.1) is 0 Å². The van der Waals surface area contributed by atoms with Gasteiger partial charge >= 0.3 is 6.18 Å². The molecule has 1 aromatic heterocycles. The van der Waals surface area contributed by atoms with Gasteiger partial charge in [-0.1, -0.05) is 12.1 Å². The lowest BCUT2D eigenvalue weighted by molar-refractivity contribution is -0.137. The maximum absolute atomic E-state index is 12.7. The molecule has 0 bridgehead atoms. The average molecular weight is 310 g/mol. The first-order valence-electron chi connectivity index (χ1n) is 6.44. The van der Waals surface area contributed by atoms with Crippen molar-refractivity contribution in [3.63, 3.8) is 0 Å². The van der Waals surface area contributed by atoms with Gasteiger partial charge in [-0.25, -0.2) is 0 Å². The molecule has 0 atom stereocenters. The first-order valence-corrected chi connectivity index (χ1v) is 6.44. The number of aliphatic hydroxyl groups is 1. The largest absolute Gasteiger partial charge is 0.416 e. The van der Waals surface area contributed by atoms with Crippen LogP contribution in [-0.2, 0) is 6.18 Å². The van der Waals surface area contributed by atoms with E-state index in [1.807, 2.05) is 0 Å². The summed E-state index contributed by atoms with van der Waals surface area (Å²) in [4.78, 5) is 15.6. The topological polar surface area (TPSA) is 62.2 Å². The lowest BCUT2D eigenvalue weighted by Crippen LogP contribution is -2.26. The summed E-state index contributed by atoms with van der Waals surface area (Å²) < 4.78 is 38.0. The van der Waals surface area contributed by atoms with Crippen LogP contribution in [0.2, 0.25) is 0 Å². The summed E-state index contributed by atoms with van der Waals surface area (Å²) in [6.45, 7) is -0.0340. The summed E-state index contributed by atoms with van der Waals surface area (Å²) >= 11 is 0. The summed E-state index contributed by atoms with van der Waals surface area (Å²) in [7, 11) is 0. The third-order valence-corrected chi connectivity index (χ3v) is 2.93. The van der Waals surface area contributed by atoms with Gasteiger partial charge in [-0.15, -0.1) is 0 Å². The molecule has 0 spiro atoms. The first kappa shape index (κ1) is 16.0. The minimum atomic E-state index is -4.43. The number of benzene rings is 1. The lowest BCUT2D eigenvalue weighted by atomic mass is 10.1. The van der Waals surface area contributed by atoms with Gasteiger partial charge in [0.25, 0.3) is 5.91 Å². The maximum Gasteiger partial charge on any atom is 0.416 e. The molecule has 1 aromatic carbocycles. The van der Waals surface area contributed by atoms with Crippen molar-refractivity contribution in [2.75, 3.05) is 13.2 Å². The third kappa shape index (κ3) is 3.82. The summed E-state index contributed by atoms with van der Waals surface area (Å²) in [5, 5.41) is 11.1. The third-order valence-electron chi connectivity index (χ3n) is 2.93. The van der Waals surface area contributed by atoms with Crippen LogP contribution in [0.15, 0.2) is 42.6 Å². The lowest BCUT2D eigenvalue weighted by Gasteiger charge is -2.08. The molecule has 4 nitrogen and oxygen atoms in total. The quantitative estimate of drug-likeness (QED) is 0.912. The standard InChI is InChI=1S/C15H13F3N2O2/c16-15(17,18)12-5-6-19-13(9-12)10-1-3-11(4-2-10)14(22)20-7-8-21/h1-6,9,21H,7-8H2,(H,20,22). The first-order chi connectivity index (χ1) is 10.4. The average Bonchev–Trinajstić information content (AvgIpc) is 2.52. The highest BCUT2D eigenvalue weighted by atomic mass is 19.4. The summed E-state index contributed by atoms with van der Waals surface area (Å²) in [5.74, 6) is -0.363. The number of hydrogen-bond acceptors (Lipinski definition) is 3. The van der Waals surface area contributed by atoms with Crippen molar-refractivity contribution in [3.8, 4) is 11.3 Å². The van der Waals surface area contributed by atoms with E-state index in [2.05, 4.69) is 10.3 Å². The van der Waals surface area contributed by atoms with E-state index in [1.165, 1.54) is 24.3 Å². The van der Waals surface area contributed by atoms with Crippen molar-refractivity contribution >= 4 is 5.91 Å². The molecular formula is C15H13F3N2O2. The molecule has 0 saturated heterocycles. The van der Waals surface area contributed by atoms with Crippen LogP contribution in [-0.4, -0.2) is 29.1 Å². The Labute approximate surface area is 124 Å². The Morgan fingerprint density at radius 3 is 2.45 bits per heavy atom. The number of carbonyl (C=O) groups is 1. The number of halogens is 3. The second kappa shape index (κ2) is 6.57. The normalized spacial score (nSPS) is 11.3. The van der Waals surface area contributed by atoms with Crippen LogP contribution in [0.5, 0.6) is 0 Å². The minimum Gasteiger partial charge on any atom is -0.395 e. The monoisotopic (exact) mass is 310 g/mol. The van der Waals surface area contributed by atoms with Gasteiger partial charge in [0.1, 0.15) is 0 Å². The molecule has 0 radical (unpaired) electrons. The molecule has 0 fully saturated rings. The van der Waals surface area contributed by atoms with Crippen LogP contribution in [0.3, 0.4) is 0 Å². The van der Waals surface area contributed by atoms with Gasteiger partial charge in [-0.3, -0.25) is 9.78 Å². The van der Waals surface area contributed by atoms with E-state index >= 15 is 0 Å². The molecule has 0 unspecified atom stereocenters. The Kier molecular flexibility index (Phi) is 4.77. The second-order valence-electron chi connectivity index (χ2n) is 4.48. The Morgan fingerprint density at radius 1 is 1.18 bits per heavy atom. The van der Waals surface area contributed by atoms with Gasteiger partial charge in [0.2, 0.25) is 0 Å². The number of alkyl halides is 3. The van der Waals surface area contributed by atoms with Gasteiger partial charge in [0, 0.05) is 23.9 Å². The van der Waals surface area contributed by atoms with E-state index in [0.717, 1.165) is 18.3 Å². The molecule has 2 rings (SSSR count). The van der Waals surface area contributed by atoms with Crippen molar-refractivity contribution < 1.29 is 23.1 Å². The van der Waals surface area contributed by atoms with Crippen LogP contribution in [0.25, 0.3) is 11.3 Å². The molecule has 1 amide bonds. The number of nitrogens with one attached hydrogen (secondary N) is 1. The number of aromatic nitrogens is 1. The minimum absolute atomic E-state index is 0.135. The number of rotatable bonds is 4.